The highest BCUT2D eigenvalue weighted by Gasteiger charge is 1.97. The Balaban J connectivity index is 2.91. The van der Waals surface area contributed by atoms with E-state index in [-0.39, 0.29) is 0 Å². The molecule has 2 rings (SSSR count). The predicted octanol–water partition coefficient (Wildman–Crippen LogP) is 1.61. The molecule has 12 heavy (non-hydrogen) atoms. The van der Waals surface area contributed by atoms with Gasteiger partial charge in [0.25, 0.3) is 0 Å². The third-order valence-electron chi connectivity index (χ3n) is 1.68. The van der Waals surface area contributed by atoms with Crippen LogP contribution in [0.3, 0.4) is 0 Å². The summed E-state index contributed by atoms with van der Waals surface area (Å²) < 4.78 is 0. The van der Waals surface area contributed by atoms with Crippen LogP contribution in [-0.4, -0.2) is 9.97 Å². The van der Waals surface area contributed by atoms with E-state index >= 15 is 0 Å². The van der Waals surface area contributed by atoms with E-state index in [1.165, 1.54) is 6.33 Å². The number of rotatable bonds is 0. The maximum atomic E-state index is 5.28. The summed E-state index contributed by atoms with van der Waals surface area (Å²) in [5, 5.41) is 0.933. The van der Waals surface area contributed by atoms with Gasteiger partial charge in [-0.25, -0.2) is 9.97 Å². The lowest BCUT2D eigenvalue weighted by atomic mass is 10.2. The standard InChI is InChI=1S/C10H6N2/c1-2-9-8-5-3-4-6-10(8)12-7-11-9/h1,3-7H. The van der Waals surface area contributed by atoms with Gasteiger partial charge in [0.15, 0.2) is 0 Å². The van der Waals surface area contributed by atoms with Crippen molar-refractivity contribution in [2.75, 3.05) is 0 Å². The minimum atomic E-state index is 0.653. The fraction of sp³-hybridized carbons (Fsp3) is 0. The maximum Gasteiger partial charge on any atom is 0.124 e. The van der Waals surface area contributed by atoms with Crippen molar-refractivity contribution in [2.45, 2.75) is 0 Å². The van der Waals surface area contributed by atoms with Crippen molar-refractivity contribution in [1.82, 2.24) is 9.97 Å². The van der Waals surface area contributed by atoms with E-state index in [1.807, 2.05) is 24.3 Å². The number of aromatic nitrogens is 2. The van der Waals surface area contributed by atoms with Crippen molar-refractivity contribution in [1.29, 1.82) is 0 Å². The van der Waals surface area contributed by atoms with E-state index in [1.54, 1.807) is 0 Å². The van der Waals surface area contributed by atoms with E-state index < -0.39 is 0 Å². The fourth-order valence-electron chi connectivity index (χ4n) is 1.12. The van der Waals surface area contributed by atoms with Crippen LogP contribution in [0.1, 0.15) is 5.69 Å². The van der Waals surface area contributed by atoms with Gasteiger partial charge in [0.1, 0.15) is 12.0 Å². The molecule has 2 aromatic rings. The van der Waals surface area contributed by atoms with Crippen LogP contribution in [0.2, 0.25) is 0 Å². The number of fused-ring (bicyclic) bond motifs is 1. The molecule has 0 saturated carbocycles. The molecule has 0 spiro atoms. The van der Waals surface area contributed by atoms with E-state index in [2.05, 4.69) is 15.9 Å². The normalized spacial score (nSPS) is 9.58. The lowest BCUT2D eigenvalue weighted by molar-refractivity contribution is 1.20. The van der Waals surface area contributed by atoms with Gasteiger partial charge in [-0.15, -0.1) is 6.42 Å². The van der Waals surface area contributed by atoms with E-state index in [0.29, 0.717) is 5.69 Å². The zero-order valence-corrected chi connectivity index (χ0v) is 6.36. The molecule has 0 radical (unpaired) electrons. The Hall–Kier alpha value is -1.88. The second kappa shape index (κ2) is 2.63. The molecule has 1 heterocycles. The second-order valence-electron chi connectivity index (χ2n) is 2.38. The van der Waals surface area contributed by atoms with Gasteiger partial charge < -0.3 is 0 Å². The van der Waals surface area contributed by atoms with Gasteiger partial charge in [-0.05, 0) is 18.1 Å². The van der Waals surface area contributed by atoms with Crippen LogP contribution < -0.4 is 0 Å². The van der Waals surface area contributed by atoms with Crippen molar-refractivity contribution in [2.24, 2.45) is 0 Å². The van der Waals surface area contributed by atoms with Crippen LogP contribution >= 0.6 is 0 Å². The predicted molar refractivity (Wildman–Crippen MR) is 47.5 cm³/mol. The molecule has 0 atom stereocenters. The molecular weight excluding hydrogens is 148 g/mol. The number of hydrogen-bond acceptors (Lipinski definition) is 2. The van der Waals surface area contributed by atoms with E-state index in [4.69, 9.17) is 6.42 Å². The first-order valence-corrected chi connectivity index (χ1v) is 3.58. The number of hydrogen-bond donors (Lipinski definition) is 0. The average Bonchev–Trinajstić information content (AvgIpc) is 2.17. The molecule has 0 saturated heterocycles. The fourth-order valence-corrected chi connectivity index (χ4v) is 1.12. The van der Waals surface area contributed by atoms with Gasteiger partial charge in [-0.2, -0.15) is 0 Å². The van der Waals surface area contributed by atoms with E-state index in [9.17, 15) is 0 Å². The summed E-state index contributed by atoms with van der Waals surface area (Å²) in [7, 11) is 0. The van der Waals surface area contributed by atoms with Crippen molar-refractivity contribution < 1.29 is 0 Å². The van der Waals surface area contributed by atoms with Crippen LogP contribution in [0.15, 0.2) is 30.6 Å². The average molecular weight is 154 g/mol. The Morgan fingerprint density at radius 1 is 1.17 bits per heavy atom. The largest absolute Gasteiger partial charge is 0.236 e. The highest BCUT2D eigenvalue weighted by molar-refractivity contribution is 5.82. The summed E-state index contributed by atoms with van der Waals surface area (Å²) in [5.74, 6) is 2.52. The second-order valence-corrected chi connectivity index (χ2v) is 2.38. The first kappa shape index (κ1) is 6.81. The molecule has 1 aromatic carbocycles. The highest BCUT2D eigenvalue weighted by atomic mass is 14.8. The Morgan fingerprint density at radius 2 is 2.00 bits per heavy atom. The van der Waals surface area contributed by atoms with Crippen LogP contribution in [0.25, 0.3) is 10.9 Å². The molecule has 0 amide bonds. The molecule has 0 bridgehead atoms. The summed E-state index contributed by atoms with van der Waals surface area (Å²) in [6.07, 6.45) is 6.76. The zero-order chi connectivity index (χ0) is 8.39. The van der Waals surface area contributed by atoms with Crippen LogP contribution in [0, 0.1) is 12.3 Å². The molecule has 2 heteroatoms. The Bertz CT molecular complexity index is 449. The Morgan fingerprint density at radius 3 is 2.83 bits per heavy atom. The third-order valence-corrected chi connectivity index (χ3v) is 1.68. The van der Waals surface area contributed by atoms with Gasteiger partial charge in [-0.1, -0.05) is 12.1 Å². The smallest absolute Gasteiger partial charge is 0.124 e. The number of para-hydroxylation sites is 1. The Labute approximate surface area is 70.3 Å². The van der Waals surface area contributed by atoms with Crippen molar-refractivity contribution in [3.8, 4) is 12.3 Å². The number of benzene rings is 1. The Kier molecular flexibility index (Phi) is 1.49. The van der Waals surface area contributed by atoms with Crippen molar-refractivity contribution in [3.05, 3.63) is 36.3 Å². The lowest BCUT2D eigenvalue weighted by Gasteiger charge is -1.96. The molecular formula is C10H6N2. The number of nitrogens with zero attached hydrogens (tertiary/aromatic N) is 2. The van der Waals surface area contributed by atoms with Crippen molar-refractivity contribution >= 4 is 10.9 Å². The first-order chi connectivity index (χ1) is 5.92. The quantitative estimate of drug-likeness (QED) is 0.539. The van der Waals surface area contributed by atoms with Gasteiger partial charge in [-0.3, -0.25) is 0 Å². The molecule has 0 aliphatic heterocycles. The highest BCUT2D eigenvalue weighted by Crippen LogP contribution is 2.12. The molecule has 2 nitrogen and oxygen atoms in total. The summed E-state index contributed by atoms with van der Waals surface area (Å²) in [6.45, 7) is 0. The van der Waals surface area contributed by atoms with Crippen LogP contribution in [-0.2, 0) is 0 Å². The monoisotopic (exact) mass is 154 g/mol. The number of terminal acetylenes is 1. The van der Waals surface area contributed by atoms with Crippen LogP contribution in [0.5, 0.6) is 0 Å². The van der Waals surface area contributed by atoms with Gasteiger partial charge in [0.2, 0.25) is 0 Å². The summed E-state index contributed by atoms with van der Waals surface area (Å²) in [4.78, 5) is 8.06. The molecule has 0 N–H and O–H groups in total. The molecule has 56 valence electrons. The van der Waals surface area contributed by atoms with Gasteiger partial charge >= 0.3 is 0 Å². The van der Waals surface area contributed by atoms with Gasteiger partial charge in [0.05, 0.1) is 5.52 Å². The zero-order valence-electron chi connectivity index (χ0n) is 6.36. The molecule has 1 aromatic heterocycles. The summed E-state index contributed by atoms with van der Waals surface area (Å²) >= 11 is 0. The molecule has 0 aliphatic carbocycles. The minimum absolute atomic E-state index is 0.653. The van der Waals surface area contributed by atoms with Crippen LogP contribution in [0.4, 0.5) is 0 Å². The first-order valence-electron chi connectivity index (χ1n) is 3.58. The third kappa shape index (κ3) is 0.923. The molecule has 0 aliphatic rings. The summed E-state index contributed by atoms with van der Waals surface area (Å²) in [5.41, 5.74) is 1.54. The SMILES string of the molecule is C#Cc1ncnc2ccccc12. The summed E-state index contributed by atoms with van der Waals surface area (Å²) in [6, 6.07) is 7.69. The van der Waals surface area contributed by atoms with E-state index in [0.717, 1.165) is 10.9 Å². The topological polar surface area (TPSA) is 25.8 Å². The maximum absolute atomic E-state index is 5.28. The lowest BCUT2D eigenvalue weighted by Crippen LogP contribution is -1.86. The molecule has 0 unspecified atom stereocenters. The van der Waals surface area contributed by atoms with Gasteiger partial charge in [0, 0.05) is 5.39 Å². The van der Waals surface area contributed by atoms with Crippen molar-refractivity contribution in [3.63, 3.8) is 0 Å². The molecule has 0 fully saturated rings. The minimum Gasteiger partial charge on any atom is -0.236 e.